The molecular weight excluding hydrogens is 476 g/mol. The zero-order valence-corrected chi connectivity index (χ0v) is 22.3. The third-order valence-electron chi connectivity index (χ3n) is 7.36. The summed E-state index contributed by atoms with van der Waals surface area (Å²) in [4.78, 5) is 19.1. The third kappa shape index (κ3) is 5.32. The van der Waals surface area contributed by atoms with Gasteiger partial charge >= 0.3 is 0 Å². The van der Waals surface area contributed by atoms with Gasteiger partial charge in [-0.25, -0.2) is 9.97 Å². The van der Waals surface area contributed by atoms with Gasteiger partial charge in [-0.15, -0.1) is 11.3 Å². The van der Waals surface area contributed by atoms with Gasteiger partial charge in [-0.05, 0) is 63.9 Å². The van der Waals surface area contributed by atoms with Crippen LogP contribution in [-0.2, 0) is 9.47 Å². The monoisotopic (exact) mass is 512 g/mol. The first kappa shape index (κ1) is 25.3. The van der Waals surface area contributed by atoms with Gasteiger partial charge in [0.25, 0.3) is 0 Å². The van der Waals surface area contributed by atoms with Gasteiger partial charge in [-0.2, -0.15) is 4.98 Å². The van der Waals surface area contributed by atoms with Gasteiger partial charge in [-0.3, -0.25) is 4.98 Å². The summed E-state index contributed by atoms with van der Waals surface area (Å²) >= 11 is 1.64. The summed E-state index contributed by atoms with van der Waals surface area (Å²) in [5, 5.41) is 19.2. The van der Waals surface area contributed by atoms with Crippen LogP contribution in [0, 0.1) is 25.7 Å². The fourth-order valence-corrected chi connectivity index (χ4v) is 6.34. The van der Waals surface area contributed by atoms with Gasteiger partial charge < -0.3 is 25.2 Å². The number of nitrogens with zero attached hydrogens (tertiary/aromatic N) is 4. The number of methoxy groups -OCH3 is 2. The quantitative estimate of drug-likeness (QED) is 0.348. The molecule has 2 fully saturated rings. The molecular formula is C26H36N6O3S. The zero-order chi connectivity index (χ0) is 25.3. The van der Waals surface area contributed by atoms with E-state index in [4.69, 9.17) is 24.4 Å². The molecule has 3 aromatic rings. The minimum Gasteiger partial charge on any atom is -0.385 e. The minimum atomic E-state index is -1.00. The van der Waals surface area contributed by atoms with E-state index in [0.717, 1.165) is 69.7 Å². The molecule has 36 heavy (non-hydrogen) atoms. The third-order valence-corrected chi connectivity index (χ3v) is 8.40. The molecule has 10 heteroatoms. The van der Waals surface area contributed by atoms with E-state index >= 15 is 0 Å². The first-order valence-corrected chi connectivity index (χ1v) is 13.5. The van der Waals surface area contributed by atoms with Crippen molar-refractivity contribution in [1.82, 2.24) is 19.9 Å². The lowest BCUT2D eigenvalue weighted by Gasteiger charge is -2.33. The second kappa shape index (κ2) is 10.5. The van der Waals surface area contributed by atoms with Gasteiger partial charge in [0.1, 0.15) is 21.9 Å². The Morgan fingerprint density at radius 3 is 2.53 bits per heavy atom. The summed E-state index contributed by atoms with van der Waals surface area (Å²) in [6.45, 7) is 5.42. The van der Waals surface area contributed by atoms with Crippen LogP contribution in [0.3, 0.4) is 0 Å². The molecule has 2 saturated carbocycles. The molecule has 3 aromatic heterocycles. The summed E-state index contributed by atoms with van der Waals surface area (Å²) in [7, 11) is 3.24. The minimum absolute atomic E-state index is 0.0740. The fraction of sp³-hybridized carbons (Fsp3) is 0.615. The highest BCUT2D eigenvalue weighted by molar-refractivity contribution is 7.21. The van der Waals surface area contributed by atoms with E-state index in [2.05, 4.69) is 15.6 Å². The van der Waals surface area contributed by atoms with E-state index in [1.165, 1.54) is 12.8 Å². The smallest absolute Gasteiger partial charge is 0.224 e. The predicted octanol–water partition coefficient (Wildman–Crippen LogP) is 4.19. The van der Waals surface area contributed by atoms with Crippen molar-refractivity contribution in [2.24, 2.45) is 11.8 Å². The lowest BCUT2D eigenvalue weighted by molar-refractivity contribution is -0.112. The maximum Gasteiger partial charge on any atom is 0.224 e. The number of pyridine rings is 1. The molecule has 3 N–H and O–H groups in total. The van der Waals surface area contributed by atoms with Crippen molar-refractivity contribution in [3.8, 4) is 10.6 Å². The average Bonchev–Trinajstić information content (AvgIpc) is 3.36. The van der Waals surface area contributed by atoms with Gasteiger partial charge in [-0.1, -0.05) is 0 Å². The summed E-state index contributed by atoms with van der Waals surface area (Å²) in [6, 6.07) is 2.17. The van der Waals surface area contributed by atoms with Crippen LogP contribution in [0.4, 0.5) is 11.8 Å². The standard InChI is InChI=1S/C26H36N6O3S/c1-15-21(24-31-22-16(2)27-10-9-20(22)36-24)23(32-25(29-15)28-12-17-5-6-17)30-19-8-7-18(11-19)26(33,13-34-3)14-35-4/h9-10,17-19,33H,5-8,11-14H2,1-4H3,(H2,28,29,30,32)/t18-,19+/m1/s1. The number of ether oxygens (including phenoxy) is 2. The first-order valence-electron chi connectivity index (χ1n) is 12.7. The molecule has 0 amide bonds. The van der Waals surface area contributed by atoms with E-state index in [1.807, 2.05) is 26.1 Å². The largest absolute Gasteiger partial charge is 0.385 e. The molecule has 194 valence electrons. The Balaban J connectivity index is 1.45. The Labute approximate surface area is 216 Å². The van der Waals surface area contributed by atoms with Crippen LogP contribution in [0.1, 0.15) is 43.5 Å². The van der Waals surface area contributed by atoms with Gasteiger partial charge in [0.15, 0.2) is 0 Å². The van der Waals surface area contributed by atoms with Crippen molar-refractivity contribution < 1.29 is 14.6 Å². The maximum absolute atomic E-state index is 11.2. The van der Waals surface area contributed by atoms with E-state index in [1.54, 1.807) is 25.6 Å². The second-order valence-electron chi connectivity index (χ2n) is 10.3. The molecule has 0 aliphatic heterocycles. The molecule has 0 aromatic carbocycles. The van der Waals surface area contributed by atoms with Crippen molar-refractivity contribution in [3.63, 3.8) is 0 Å². The highest BCUT2D eigenvalue weighted by Gasteiger charge is 2.42. The molecule has 3 heterocycles. The van der Waals surface area contributed by atoms with Crippen molar-refractivity contribution in [3.05, 3.63) is 23.7 Å². The molecule has 0 unspecified atom stereocenters. The molecule has 9 nitrogen and oxygen atoms in total. The van der Waals surface area contributed by atoms with E-state index in [9.17, 15) is 5.11 Å². The van der Waals surface area contributed by atoms with Crippen molar-refractivity contribution in [2.45, 2.75) is 57.6 Å². The second-order valence-corrected chi connectivity index (χ2v) is 11.3. The molecule has 0 saturated heterocycles. The first-order chi connectivity index (χ1) is 17.4. The van der Waals surface area contributed by atoms with Crippen LogP contribution in [0.15, 0.2) is 12.3 Å². The number of thiazole rings is 1. The number of hydrogen-bond donors (Lipinski definition) is 3. The normalized spacial score (nSPS) is 20.2. The Morgan fingerprint density at radius 1 is 1.06 bits per heavy atom. The van der Waals surface area contributed by atoms with Gasteiger partial charge in [0.2, 0.25) is 5.95 Å². The highest BCUT2D eigenvalue weighted by atomic mass is 32.1. The van der Waals surface area contributed by atoms with E-state index < -0.39 is 5.60 Å². The average molecular weight is 513 g/mol. The zero-order valence-electron chi connectivity index (χ0n) is 21.5. The molecule has 5 rings (SSSR count). The van der Waals surface area contributed by atoms with Crippen molar-refractivity contribution >= 4 is 33.3 Å². The number of aryl methyl sites for hydroxylation is 2. The predicted molar refractivity (Wildman–Crippen MR) is 143 cm³/mol. The van der Waals surface area contributed by atoms with Crippen LogP contribution in [-0.4, -0.2) is 70.7 Å². The van der Waals surface area contributed by atoms with E-state index in [0.29, 0.717) is 5.95 Å². The van der Waals surface area contributed by atoms with Crippen LogP contribution in [0.5, 0.6) is 0 Å². The number of nitrogens with one attached hydrogen (secondary N) is 2. The van der Waals surface area contributed by atoms with Crippen LogP contribution in [0.25, 0.3) is 20.8 Å². The van der Waals surface area contributed by atoms with Gasteiger partial charge in [0, 0.05) is 33.0 Å². The summed E-state index contributed by atoms with van der Waals surface area (Å²) in [5.74, 6) is 2.23. The Morgan fingerprint density at radius 2 is 1.83 bits per heavy atom. The summed E-state index contributed by atoms with van der Waals surface area (Å²) < 4.78 is 11.8. The maximum atomic E-state index is 11.2. The molecule has 2 aliphatic rings. The number of aliphatic hydroxyl groups is 1. The lowest BCUT2D eigenvalue weighted by atomic mass is 9.87. The number of hydrogen-bond acceptors (Lipinski definition) is 10. The molecule has 2 aliphatic carbocycles. The van der Waals surface area contributed by atoms with Crippen LogP contribution < -0.4 is 10.6 Å². The molecule has 2 atom stereocenters. The lowest BCUT2D eigenvalue weighted by Crippen LogP contribution is -2.46. The Hall–Kier alpha value is -2.40. The molecule has 0 radical (unpaired) electrons. The molecule has 0 bridgehead atoms. The number of anilines is 2. The number of aromatic nitrogens is 4. The summed E-state index contributed by atoms with van der Waals surface area (Å²) in [6.07, 6.45) is 6.98. The summed E-state index contributed by atoms with van der Waals surface area (Å²) in [5.41, 5.74) is 2.66. The Kier molecular flexibility index (Phi) is 7.39. The SMILES string of the molecule is COCC(O)(COC)[C@@H]1CC[C@H](Nc2nc(NCC3CC3)nc(C)c2-c2nc3c(C)nccc3s2)C1. The number of rotatable bonds is 11. The van der Waals surface area contributed by atoms with Gasteiger partial charge in [0.05, 0.1) is 34.9 Å². The molecule has 0 spiro atoms. The van der Waals surface area contributed by atoms with Crippen LogP contribution in [0.2, 0.25) is 0 Å². The van der Waals surface area contributed by atoms with Crippen LogP contribution >= 0.6 is 11.3 Å². The van der Waals surface area contributed by atoms with E-state index in [-0.39, 0.29) is 25.2 Å². The Bertz CT molecular complexity index is 1210. The van der Waals surface area contributed by atoms with Crippen molar-refractivity contribution in [2.75, 3.05) is 44.6 Å². The number of fused-ring (bicyclic) bond motifs is 1. The fourth-order valence-electron chi connectivity index (χ4n) is 5.23. The van der Waals surface area contributed by atoms with Crippen molar-refractivity contribution in [1.29, 1.82) is 0 Å². The highest BCUT2D eigenvalue weighted by Crippen LogP contribution is 2.40. The topological polar surface area (TPSA) is 114 Å².